The molecule has 0 spiro atoms. The molecule has 16 heavy (non-hydrogen) atoms. The lowest BCUT2D eigenvalue weighted by Gasteiger charge is -2.10. The predicted octanol–water partition coefficient (Wildman–Crippen LogP) is 3.49. The molecule has 0 aliphatic carbocycles. The van der Waals surface area contributed by atoms with Gasteiger partial charge in [0.05, 0.1) is 6.61 Å². The summed E-state index contributed by atoms with van der Waals surface area (Å²) in [6.07, 6.45) is 2.81. The van der Waals surface area contributed by atoms with Crippen LogP contribution in [-0.4, -0.2) is 12.9 Å². The third kappa shape index (κ3) is 3.69. The molecule has 1 aromatic rings. The van der Waals surface area contributed by atoms with Crippen LogP contribution in [0.4, 0.5) is 0 Å². The van der Waals surface area contributed by atoms with Gasteiger partial charge in [-0.2, -0.15) is 0 Å². The van der Waals surface area contributed by atoms with Gasteiger partial charge in [0.2, 0.25) is 0 Å². The molecule has 0 heterocycles. The molecular weight excluding hydrogens is 200 g/mol. The van der Waals surface area contributed by atoms with Crippen LogP contribution in [0.3, 0.4) is 0 Å². The number of carbonyl (C=O) groups is 1. The Morgan fingerprint density at radius 1 is 1.38 bits per heavy atom. The molecule has 0 radical (unpaired) electrons. The van der Waals surface area contributed by atoms with Crippen LogP contribution in [0.25, 0.3) is 0 Å². The van der Waals surface area contributed by atoms with Crippen molar-refractivity contribution in [3.63, 3.8) is 0 Å². The van der Waals surface area contributed by atoms with Gasteiger partial charge in [-0.05, 0) is 42.5 Å². The Morgan fingerprint density at radius 3 is 2.69 bits per heavy atom. The summed E-state index contributed by atoms with van der Waals surface area (Å²) in [4.78, 5) is 10.8. The average Bonchev–Trinajstić information content (AvgIpc) is 2.28. The number of aryl methyl sites for hydroxylation is 1. The number of hydrogen-bond acceptors (Lipinski definition) is 2. The van der Waals surface area contributed by atoms with E-state index in [1.807, 2.05) is 25.1 Å². The second-order valence-corrected chi connectivity index (χ2v) is 4.36. The van der Waals surface area contributed by atoms with Crippen molar-refractivity contribution in [3.05, 3.63) is 29.3 Å². The van der Waals surface area contributed by atoms with Crippen molar-refractivity contribution in [2.24, 2.45) is 5.92 Å². The maximum absolute atomic E-state index is 10.8. The van der Waals surface area contributed by atoms with Gasteiger partial charge < -0.3 is 4.74 Å². The lowest BCUT2D eigenvalue weighted by atomic mass is 10.1. The summed E-state index contributed by atoms with van der Waals surface area (Å²) < 4.78 is 5.64. The summed E-state index contributed by atoms with van der Waals surface area (Å²) in [5, 5.41) is 0. The minimum absolute atomic E-state index is 0.653. The van der Waals surface area contributed by atoms with Crippen molar-refractivity contribution < 1.29 is 9.53 Å². The standard InChI is InChI=1S/C14H20O2/c1-4-12-9-14(6-5-13(12)10-15)16-8-7-11(2)3/h5-6,9-11H,4,7-8H2,1-3H3. The number of benzene rings is 1. The smallest absolute Gasteiger partial charge is 0.150 e. The zero-order valence-electron chi connectivity index (χ0n) is 10.3. The number of ether oxygens (including phenoxy) is 1. The van der Waals surface area contributed by atoms with Gasteiger partial charge in [0.1, 0.15) is 12.0 Å². The molecule has 2 nitrogen and oxygen atoms in total. The van der Waals surface area contributed by atoms with Crippen LogP contribution in [0.1, 0.15) is 43.1 Å². The van der Waals surface area contributed by atoms with Crippen LogP contribution in [0.15, 0.2) is 18.2 Å². The fraction of sp³-hybridized carbons (Fsp3) is 0.500. The zero-order valence-corrected chi connectivity index (χ0v) is 10.3. The first-order chi connectivity index (χ1) is 7.67. The molecule has 0 atom stereocenters. The van der Waals surface area contributed by atoms with Crippen LogP contribution in [0.2, 0.25) is 0 Å². The van der Waals surface area contributed by atoms with Crippen molar-refractivity contribution >= 4 is 6.29 Å². The van der Waals surface area contributed by atoms with Crippen molar-refractivity contribution in [1.29, 1.82) is 0 Å². The van der Waals surface area contributed by atoms with E-state index in [1.54, 1.807) is 0 Å². The van der Waals surface area contributed by atoms with E-state index in [1.165, 1.54) is 0 Å². The lowest BCUT2D eigenvalue weighted by molar-refractivity contribution is 0.112. The van der Waals surface area contributed by atoms with E-state index < -0.39 is 0 Å². The molecule has 1 rings (SSSR count). The third-order valence-electron chi connectivity index (χ3n) is 2.59. The maximum Gasteiger partial charge on any atom is 0.150 e. The molecule has 0 fully saturated rings. The van der Waals surface area contributed by atoms with E-state index in [2.05, 4.69) is 13.8 Å². The molecule has 0 amide bonds. The third-order valence-corrected chi connectivity index (χ3v) is 2.59. The van der Waals surface area contributed by atoms with Crippen molar-refractivity contribution in [2.45, 2.75) is 33.6 Å². The molecule has 2 heteroatoms. The van der Waals surface area contributed by atoms with Crippen LogP contribution in [0, 0.1) is 5.92 Å². The van der Waals surface area contributed by atoms with Gasteiger partial charge in [-0.1, -0.05) is 20.8 Å². The number of aldehydes is 1. The molecular formula is C14H20O2. The van der Waals surface area contributed by atoms with E-state index >= 15 is 0 Å². The summed E-state index contributed by atoms with van der Waals surface area (Å²) in [5.74, 6) is 1.52. The SMILES string of the molecule is CCc1cc(OCCC(C)C)ccc1C=O. The normalized spacial score (nSPS) is 10.5. The fourth-order valence-corrected chi connectivity index (χ4v) is 1.51. The number of carbonyl (C=O) groups excluding carboxylic acids is 1. The molecule has 1 aromatic carbocycles. The zero-order chi connectivity index (χ0) is 12.0. The Balaban J connectivity index is 2.64. The second kappa shape index (κ2) is 6.31. The van der Waals surface area contributed by atoms with Crippen molar-refractivity contribution in [1.82, 2.24) is 0 Å². The molecule has 0 N–H and O–H groups in total. The highest BCUT2D eigenvalue weighted by Gasteiger charge is 2.02. The summed E-state index contributed by atoms with van der Waals surface area (Å²) >= 11 is 0. The van der Waals surface area contributed by atoms with Crippen molar-refractivity contribution in [2.75, 3.05) is 6.61 Å². The Labute approximate surface area is 97.6 Å². The summed E-state index contributed by atoms with van der Waals surface area (Å²) in [7, 11) is 0. The topological polar surface area (TPSA) is 26.3 Å². The fourth-order valence-electron chi connectivity index (χ4n) is 1.51. The maximum atomic E-state index is 10.8. The minimum Gasteiger partial charge on any atom is -0.494 e. The van der Waals surface area contributed by atoms with E-state index in [0.717, 1.165) is 42.6 Å². The number of hydrogen-bond donors (Lipinski definition) is 0. The first-order valence-electron chi connectivity index (χ1n) is 5.88. The monoisotopic (exact) mass is 220 g/mol. The Hall–Kier alpha value is -1.31. The van der Waals surface area contributed by atoms with Gasteiger partial charge in [-0.15, -0.1) is 0 Å². The van der Waals surface area contributed by atoms with Gasteiger partial charge in [0.15, 0.2) is 0 Å². The van der Waals surface area contributed by atoms with Gasteiger partial charge in [-0.25, -0.2) is 0 Å². The summed E-state index contributed by atoms with van der Waals surface area (Å²) in [5.41, 5.74) is 1.82. The Kier molecular flexibility index (Phi) is 5.03. The average molecular weight is 220 g/mol. The predicted molar refractivity (Wildman–Crippen MR) is 66.2 cm³/mol. The highest BCUT2D eigenvalue weighted by molar-refractivity contribution is 5.77. The molecule has 0 aliphatic rings. The number of rotatable bonds is 6. The van der Waals surface area contributed by atoms with Gasteiger partial charge in [0, 0.05) is 5.56 Å². The van der Waals surface area contributed by atoms with Gasteiger partial charge >= 0.3 is 0 Å². The van der Waals surface area contributed by atoms with E-state index in [0.29, 0.717) is 5.92 Å². The van der Waals surface area contributed by atoms with Crippen LogP contribution in [-0.2, 0) is 6.42 Å². The molecule has 0 unspecified atom stereocenters. The van der Waals surface area contributed by atoms with E-state index in [4.69, 9.17) is 4.74 Å². The first kappa shape index (κ1) is 12.8. The minimum atomic E-state index is 0.653. The molecule has 0 saturated carbocycles. The Morgan fingerprint density at radius 2 is 2.12 bits per heavy atom. The molecule has 0 saturated heterocycles. The Bertz CT molecular complexity index is 343. The van der Waals surface area contributed by atoms with Crippen LogP contribution < -0.4 is 4.74 Å². The highest BCUT2D eigenvalue weighted by atomic mass is 16.5. The molecule has 0 aromatic heterocycles. The van der Waals surface area contributed by atoms with Crippen LogP contribution in [0.5, 0.6) is 5.75 Å². The largest absolute Gasteiger partial charge is 0.494 e. The van der Waals surface area contributed by atoms with Crippen LogP contribution >= 0.6 is 0 Å². The van der Waals surface area contributed by atoms with Gasteiger partial charge in [-0.3, -0.25) is 4.79 Å². The molecule has 88 valence electrons. The quantitative estimate of drug-likeness (QED) is 0.686. The lowest BCUT2D eigenvalue weighted by Crippen LogP contribution is -2.02. The summed E-state index contributed by atoms with van der Waals surface area (Å²) in [6.45, 7) is 7.13. The van der Waals surface area contributed by atoms with Crippen molar-refractivity contribution in [3.8, 4) is 5.75 Å². The van der Waals surface area contributed by atoms with E-state index in [9.17, 15) is 4.79 Å². The second-order valence-electron chi connectivity index (χ2n) is 4.36. The molecule has 0 aliphatic heterocycles. The van der Waals surface area contributed by atoms with Gasteiger partial charge in [0.25, 0.3) is 0 Å². The first-order valence-corrected chi connectivity index (χ1v) is 5.88. The van der Waals surface area contributed by atoms with E-state index in [-0.39, 0.29) is 0 Å². The molecule has 0 bridgehead atoms. The summed E-state index contributed by atoms with van der Waals surface area (Å²) in [6, 6.07) is 5.66. The highest BCUT2D eigenvalue weighted by Crippen LogP contribution is 2.18.